The van der Waals surface area contributed by atoms with Crippen molar-refractivity contribution >= 4 is 27.9 Å². The van der Waals surface area contributed by atoms with Gasteiger partial charge in [-0.05, 0) is 81.8 Å². The second-order valence-electron chi connectivity index (χ2n) is 10.5. The average molecular weight is 487 g/mol. The van der Waals surface area contributed by atoms with Gasteiger partial charge in [-0.1, -0.05) is 0 Å². The van der Waals surface area contributed by atoms with Crippen LogP contribution in [-0.4, -0.2) is 44.9 Å². The highest BCUT2D eigenvalue weighted by Crippen LogP contribution is 2.52. The molecule has 0 spiro atoms. The molecule has 0 bridgehead atoms. The van der Waals surface area contributed by atoms with Crippen molar-refractivity contribution in [1.29, 1.82) is 5.26 Å². The molecule has 0 amide bonds. The van der Waals surface area contributed by atoms with Gasteiger partial charge in [-0.15, -0.1) is 0 Å². The van der Waals surface area contributed by atoms with Crippen molar-refractivity contribution in [3.8, 4) is 11.8 Å². The van der Waals surface area contributed by atoms with Crippen LogP contribution in [0.2, 0.25) is 0 Å². The molecule has 2 aromatic heterocycles. The van der Waals surface area contributed by atoms with Gasteiger partial charge in [-0.3, -0.25) is 9.25 Å². The normalized spacial score (nSPS) is 18.2. The minimum absolute atomic E-state index is 0.0940. The van der Waals surface area contributed by atoms with E-state index >= 15 is 0 Å². The molecule has 1 fully saturated rings. The van der Waals surface area contributed by atoms with Crippen LogP contribution in [0.3, 0.4) is 0 Å². The lowest BCUT2D eigenvalue weighted by Crippen LogP contribution is -2.27. The highest BCUT2D eigenvalue weighted by atomic mass is 16.6. The minimum Gasteiger partial charge on any atom is -0.496 e. The van der Waals surface area contributed by atoms with E-state index in [4.69, 9.17) is 14.6 Å². The fraction of sp³-hybridized carbons (Fsp3) is 0.393. The molecule has 0 saturated heterocycles. The number of benzene rings is 2. The predicted octanol–water partition coefficient (Wildman–Crippen LogP) is 5.18. The molecule has 1 saturated carbocycles. The zero-order valence-electron chi connectivity index (χ0n) is 21.1. The highest BCUT2D eigenvalue weighted by molar-refractivity contribution is 5.95. The van der Waals surface area contributed by atoms with Crippen LogP contribution in [0.4, 0.5) is 4.79 Å². The Bertz CT molecular complexity index is 1520. The summed E-state index contributed by atoms with van der Waals surface area (Å²) in [6.07, 6.45) is 4.12. The molecule has 1 N–H and O–H groups in total. The van der Waals surface area contributed by atoms with Crippen LogP contribution in [0, 0.1) is 30.1 Å². The number of carbonyl (C=O) groups is 1. The number of ether oxygens (including phenoxy) is 2. The Kier molecular flexibility index (Phi) is 5.76. The monoisotopic (exact) mass is 486 g/mol. The molecule has 8 nitrogen and oxygen atoms in total. The van der Waals surface area contributed by atoms with Crippen LogP contribution in [-0.2, 0) is 4.74 Å². The Labute approximate surface area is 209 Å². The summed E-state index contributed by atoms with van der Waals surface area (Å²) in [7, 11) is 1.64. The van der Waals surface area contributed by atoms with Crippen LogP contribution in [0.1, 0.15) is 49.9 Å². The number of methoxy groups -OCH3 is 1. The number of carbonyl (C=O) groups excluding carboxylic acids is 1. The highest BCUT2D eigenvalue weighted by Gasteiger charge is 2.46. The summed E-state index contributed by atoms with van der Waals surface area (Å²) in [5.74, 6) is 0.989. The van der Waals surface area contributed by atoms with E-state index in [2.05, 4.69) is 6.07 Å². The third-order valence-electron chi connectivity index (χ3n) is 6.83. The largest absolute Gasteiger partial charge is 0.496 e. The molecule has 3 unspecified atom stereocenters. The van der Waals surface area contributed by atoms with E-state index < -0.39 is 11.7 Å². The number of aryl methyl sites for hydroxylation is 1. The lowest BCUT2D eigenvalue weighted by atomic mass is 9.94. The van der Waals surface area contributed by atoms with Crippen LogP contribution in [0.5, 0.6) is 5.75 Å². The Morgan fingerprint density at radius 1 is 1.31 bits per heavy atom. The van der Waals surface area contributed by atoms with Gasteiger partial charge in [-0.2, -0.15) is 10.4 Å². The quantitative estimate of drug-likeness (QED) is 0.417. The summed E-state index contributed by atoms with van der Waals surface area (Å²) in [5.41, 5.74) is 3.21. The lowest BCUT2D eigenvalue weighted by Gasteiger charge is -2.24. The molecule has 1 aliphatic rings. The number of nitriles is 1. The molecule has 0 radical (unpaired) electrons. The van der Waals surface area contributed by atoms with Gasteiger partial charge in [0.05, 0.1) is 35.8 Å². The van der Waals surface area contributed by atoms with E-state index in [-0.39, 0.29) is 24.5 Å². The topological polar surface area (TPSA) is 102 Å². The predicted molar refractivity (Wildman–Crippen MR) is 136 cm³/mol. The standard InChI is InChI=1S/C28H30N4O4/c1-16-10-23(35-5)24(20-8-9-31(25(16)20)27(34)36-28(2,3)4)26(21-12-19(21)15-33)32-14-18-7-6-17(13-29)11-22(18)30-32/h6-11,14,19,21,26,33H,12,15H2,1-5H3. The van der Waals surface area contributed by atoms with Gasteiger partial charge in [0.1, 0.15) is 11.4 Å². The fourth-order valence-electron chi connectivity index (χ4n) is 5.12. The third-order valence-corrected chi connectivity index (χ3v) is 6.83. The maximum Gasteiger partial charge on any atom is 0.419 e. The molecule has 4 aromatic rings. The van der Waals surface area contributed by atoms with Crippen molar-refractivity contribution in [3.63, 3.8) is 0 Å². The van der Waals surface area contributed by atoms with E-state index in [9.17, 15) is 15.2 Å². The number of rotatable bonds is 5. The summed E-state index contributed by atoms with van der Waals surface area (Å²) in [5, 5.41) is 25.9. The Morgan fingerprint density at radius 3 is 2.72 bits per heavy atom. The summed E-state index contributed by atoms with van der Waals surface area (Å²) in [6, 6.07) is 11.3. The third kappa shape index (κ3) is 4.10. The smallest absolute Gasteiger partial charge is 0.419 e. The first-order chi connectivity index (χ1) is 17.1. The Hall–Kier alpha value is -3.83. The van der Waals surface area contributed by atoms with Crippen molar-refractivity contribution in [2.75, 3.05) is 13.7 Å². The zero-order chi connectivity index (χ0) is 25.8. The molecule has 0 aliphatic heterocycles. The molecule has 8 heteroatoms. The van der Waals surface area contributed by atoms with Crippen molar-refractivity contribution in [2.45, 2.75) is 45.8 Å². The van der Waals surface area contributed by atoms with Gasteiger partial charge in [0, 0.05) is 35.3 Å². The van der Waals surface area contributed by atoms with Crippen molar-refractivity contribution < 1.29 is 19.4 Å². The summed E-state index contributed by atoms with van der Waals surface area (Å²) in [6.45, 7) is 7.57. The SMILES string of the molecule is COc1cc(C)c2c(ccn2C(=O)OC(C)(C)C)c1C(C1CC1CO)n1cc2ccc(C#N)cc2n1. The van der Waals surface area contributed by atoms with Crippen LogP contribution < -0.4 is 4.74 Å². The van der Waals surface area contributed by atoms with Crippen molar-refractivity contribution in [2.24, 2.45) is 11.8 Å². The molecule has 2 heterocycles. The number of aliphatic hydroxyl groups is 1. The maximum absolute atomic E-state index is 13.0. The molecule has 5 rings (SSSR count). The first-order valence-electron chi connectivity index (χ1n) is 12.1. The summed E-state index contributed by atoms with van der Waals surface area (Å²) >= 11 is 0. The van der Waals surface area contributed by atoms with Crippen LogP contribution >= 0.6 is 0 Å². The fourth-order valence-corrected chi connectivity index (χ4v) is 5.12. The zero-order valence-corrected chi connectivity index (χ0v) is 21.1. The van der Waals surface area contributed by atoms with E-state index in [1.807, 2.05) is 56.8 Å². The van der Waals surface area contributed by atoms with E-state index in [0.29, 0.717) is 11.3 Å². The summed E-state index contributed by atoms with van der Waals surface area (Å²) < 4.78 is 15.0. The van der Waals surface area contributed by atoms with Crippen molar-refractivity contribution in [1.82, 2.24) is 14.3 Å². The first kappa shape index (κ1) is 23.9. The number of fused-ring (bicyclic) bond motifs is 2. The number of aromatic nitrogens is 3. The molecule has 36 heavy (non-hydrogen) atoms. The van der Waals surface area contributed by atoms with Gasteiger partial charge >= 0.3 is 6.09 Å². The van der Waals surface area contributed by atoms with E-state index in [1.54, 1.807) is 30.0 Å². The molecular formula is C28H30N4O4. The van der Waals surface area contributed by atoms with Gasteiger partial charge in [0.25, 0.3) is 0 Å². The summed E-state index contributed by atoms with van der Waals surface area (Å²) in [4.78, 5) is 13.0. The molecular weight excluding hydrogens is 456 g/mol. The average Bonchev–Trinajstić information content (AvgIpc) is 3.25. The van der Waals surface area contributed by atoms with Crippen molar-refractivity contribution in [3.05, 3.63) is 59.4 Å². The van der Waals surface area contributed by atoms with Gasteiger partial charge in [0.2, 0.25) is 0 Å². The Balaban J connectivity index is 1.72. The second kappa shape index (κ2) is 8.68. The van der Waals surface area contributed by atoms with Gasteiger partial charge < -0.3 is 14.6 Å². The van der Waals surface area contributed by atoms with Crippen LogP contribution in [0.25, 0.3) is 21.8 Å². The van der Waals surface area contributed by atoms with E-state index in [1.165, 1.54) is 0 Å². The van der Waals surface area contributed by atoms with Gasteiger partial charge in [-0.25, -0.2) is 4.79 Å². The molecule has 3 atom stereocenters. The maximum atomic E-state index is 13.0. The van der Waals surface area contributed by atoms with Gasteiger partial charge in [0.15, 0.2) is 0 Å². The molecule has 1 aliphatic carbocycles. The lowest BCUT2D eigenvalue weighted by molar-refractivity contribution is 0.0544. The number of hydrogen-bond donors (Lipinski definition) is 1. The second-order valence-corrected chi connectivity index (χ2v) is 10.5. The van der Waals surface area contributed by atoms with E-state index in [0.717, 1.165) is 39.4 Å². The molecule has 186 valence electrons. The molecule has 2 aromatic carbocycles. The Morgan fingerprint density at radius 2 is 2.08 bits per heavy atom. The number of nitrogens with zero attached hydrogens (tertiary/aromatic N) is 4. The first-order valence-corrected chi connectivity index (χ1v) is 12.1. The minimum atomic E-state index is -0.626. The number of hydrogen-bond acceptors (Lipinski definition) is 6. The number of aliphatic hydroxyl groups excluding tert-OH is 1. The van der Waals surface area contributed by atoms with Crippen LogP contribution in [0.15, 0.2) is 42.7 Å².